The van der Waals surface area contributed by atoms with E-state index in [4.69, 9.17) is 0 Å². The van der Waals surface area contributed by atoms with Gasteiger partial charge in [0.15, 0.2) is 5.13 Å². The molecule has 0 unspecified atom stereocenters. The molecule has 1 amide bonds. The Labute approximate surface area is 113 Å². The third-order valence-electron chi connectivity index (χ3n) is 2.51. The number of thiazole rings is 1. The van der Waals surface area contributed by atoms with Gasteiger partial charge in [-0.1, -0.05) is 11.3 Å². The molecule has 0 fully saturated rings. The summed E-state index contributed by atoms with van der Waals surface area (Å²) in [4.78, 5) is 24.6. The van der Waals surface area contributed by atoms with E-state index in [1.165, 1.54) is 18.3 Å². The molecule has 0 aliphatic heterocycles. The Hall–Kier alpha value is -2.34. The van der Waals surface area contributed by atoms with Crippen LogP contribution in [0, 0.1) is 0 Å². The van der Waals surface area contributed by atoms with Crippen molar-refractivity contribution in [1.29, 1.82) is 0 Å². The minimum absolute atomic E-state index is 0.131. The zero-order valence-electron chi connectivity index (χ0n) is 10.1. The number of hydrogen-bond acceptors (Lipinski definition) is 5. The molecule has 0 radical (unpaired) electrons. The lowest BCUT2D eigenvalue weighted by Crippen LogP contribution is -2.04. The standard InChI is InChI=1S/C13H10N4OS/c1-8(18)15-13-17-11-3-2-10(16-12(11)19-13)9-4-6-14-7-5-9/h2-7H,1H3,(H,15,17,18). The van der Waals surface area contributed by atoms with Crippen LogP contribution in [-0.4, -0.2) is 20.9 Å². The summed E-state index contributed by atoms with van der Waals surface area (Å²) in [5.74, 6) is -0.131. The molecule has 3 aromatic rings. The molecule has 0 saturated carbocycles. The summed E-state index contributed by atoms with van der Waals surface area (Å²) in [6.45, 7) is 1.46. The number of aromatic nitrogens is 3. The maximum atomic E-state index is 11.0. The van der Waals surface area contributed by atoms with Gasteiger partial charge in [-0.15, -0.1) is 0 Å². The molecular formula is C13H10N4OS. The zero-order chi connectivity index (χ0) is 13.2. The highest BCUT2D eigenvalue weighted by molar-refractivity contribution is 7.21. The van der Waals surface area contributed by atoms with E-state index in [1.54, 1.807) is 12.4 Å². The first-order chi connectivity index (χ1) is 9.22. The molecule has 0 aromatic carbocycles. The Morgan fingerprint density at radius 3 is 2.68 bits per heavy atom. The summed E-state index contributed by atoms with van der Waals surface area (Å²) in [5.41, 5.74) is 2.66. The predicted octanol–water partition coefficient (Wildman–Crippen LogP) is 2.71. The number of carbonyl (C=O) groups excluding carboxylic acids is 1. The van der Waals surface area contributed by atoms with Crippen LogP contribution in [0.25, 0.3) is 21.6 Å². The summed E-state index contributed by atoms with van der Waals surface area (Å²) in [5, 5.41) is 3.24. The highest BCUT2D eigenvalue weighted by atomic mass is 32.1. The van der Waals surface area contributed by atoms with Gasteiger partial charge in [-0.05, 0) is 24.3 Å². The van der Waals surface area contributed by atoms with Gasteiger partial charge < -0.3 is 5.32 Å². The van der Waals surface area contributed by atoms with Crippen LogP contribution in [0.15, 0.2) is 36.7 Å². The average molecular weight is 270 g/mol. The Kier molecular flexibility index (Phi) is 2.92. The minimum Gasteiger partial charge on any atom is -0.302 e. The van der Waals surface area contributed by atoms with Crippen molar-refractivity contribution in [2.75, 3.05) is 5.32 Å². The maximum Gasteiger partial charge on any atom is 0.223 e. The molecule has 0 bridgehead atoms. The predicted molar refractivity (Wildman–Crippen MR) is 74.9 cm³/mol. The van der Waals surface area contributed by atoms with Crippen molar-refractivity contribution in [2.45, 2.75) is 6.92 Å². The lowest BCUT2D eigenvalue weighted by Gasteiger charge is -1.98. The second-order valence-corrected chi connectivity index (χ2v) is 4.93. The van der Waals surface area contributed by atoms with Crippen LogP contribution in [0.5, 0.6) is 0 Å². The molecule has 6 heteroatoms. The first kappa shape index (κ1) is 11.7. The minimum atomic E-state index is -0.131. The summed E-state index contributed by atoms with van der Waals surface area (Å²) < 4.78 is 0. The van der Waals surface area contributed by atoms with Gasteiger partial charge >= 0.3 is 0 Å². The van der Waals surface area contributed by atoms with Crippen molar-refractivity contribution >= 4 is 32.7 Å². The molecule has 0 spiro atoms. The number of nitrogens with one attached hydrogen (secondary N) is 1. The van der Waals surface area contributed by atoms with Gasteiger partial charge in [0.2, 0.25) is 5.91 Å². The second kappa shape index (κ2) is 4.74. The molecule has 19 heavy (non-hydrogen) atoms. The Bertz CT molecular complexity index is 739. The van der Waals surface area contributed by atoms with Gasteiger partial charge in [0, 0.05) is 24.9 Å². The molecule has 1 N–H and O–H groups in total. The number of amides is 1. The number of fused-ring (bicyclic) bond motifs is 1. The van der Waals surface area contributed by atoms with E-state index in [2.05, 4.69) is 20.3 Å². The van der Waals surface area contributed by atoms with Crippen molar-refractivity contribution in [3.05, 3.63) is 36.7 Å². The lowest BCUT2D eigenvalue weighted by molar-refractivity contribution is -0.114. The molecule has 3 rings (SSSR count). The smallest absolute Gasteiger partial charge is 0.223 e. The monoisotopic (exact) mass is 270 g/mol. The molecule has 94 valence electrons. The fourth-order valence-electron chi connectivity index (χ4n) is 1.70. The van der Waals surface area contributed by atoms with Crippen LogP contribution >= 0.6 is 11.3 Å². The van der Waals surface area contributed by atoms with E-state index in [-0.39, 0.29) is 5.91 Å². The van der Waals surface area contributed by atoms with Gasteiger partial charge in [0.25, 0.3) is 0 Å². The third kappa shape index (κ3) is 2.43. The number of nitrogens with zero attached hydrogens (tertiary/aromatic N) is 3. The Balaban J connectivity index is 2.03. The van der Waals surface area contributed by atoms with E-state index >= 15 is 0 Å². The summed E-state index contributed by atoms with van der Waals surface area (Å²) in [6, 6.07) is 7.63. The number of pyridine rings is 2. The van der Waals surface area contributed by atoms with Crippen LogP contribution < -0.4 is 5.32 Å². The quantitative estimate of drug-likeness (QED) is 0.777. The fourth-order valence-corrected chi connectivity index (χ4v) is 2.59. The Morgan fingerprint density at radius 1 is 1.16 bits per heavy atom. The van der Waals surface area contributed by atoms with E-state index in [1.807, 2.05) is 24.3 Å². The largest absolute Gasteiger partial charge is 0.302 e. The van der Waals surface area contributed by atoms with Gasteiger partial charge in [0.1, 0.15) is 10.3 Å². The van der Waals surface area contributed by atoms with E-state index < -0.39 is 0 Å². The van der Waals surface area contributed by atoms with E-state index in [0.29, 0.717) is 5.13 Å². The molecule has 3 aromatic heterocycles. The maximum absolute atomic E-state index is 11.0. The van der Waals surface area contributed by atoms with Crippen LogP contribution in [-0.2, 0) is 4.79 Å². The number of rotatable bonds is 2. The van der Waals surface area contributed by atoms with Gasteiger partial charge in [0.05, 0.1) is 5.69 Å². The zero-order valence-corrected chi connectivity index (χ0v) is 10.9. The van der Waals surface area contributed by atoms with Crippen molar-refractivity contribution in [3.8, 4) is 11.3 Å². The summed E-state index contributed by atoms with van der Waals surface area (Å²) in [6.07, 6.45) is 3.47. The van der Waals surface area contributed by atoms with Crippen molar-refractivity contribution in [1.82, 2.24) is 15.0 Å². The first-order valence-electron chi connectivity index (χ1n) is 5.68. The van der Waals surface area contributed by atoms with Crippen molar-refractivity contribution < 1.29 is 4.79 Å². The van der Waals surface area contributed by atoms with Crippen LogP contribution in [0.2, 0.25) is 0 Å². The number of carbonyl (C=O) groups is 1. The van der Waals surface area contributed by atoms with Gasteiger partial charge in [-0.25, -0.2) is 9.97 Å². The van der Waals surface area contributed by atoms with E-state index in [9.17, 15) is 4.79 Å². The molecular weight excluding hydrogens is 260 g/mol. The molecule has 0 saturated heterocycles. The molecule has 0 atom stereocenters. The average Bonchev–Trinajstić information content (AvgIpc) is 2.79. The van der Waals surface area contributed by atoms with Gasteiger partial charge in [-0.2, -0.15) is 0 Å². The van der Waals surface area contributed by atoms with Crippen molar-refractivity contribution in [3.63, 3.8) is 0 Å². The number of anilines is 1. The summed E-state index contributed by atoms with van der Waals surface area (Å²) >= 11 is 1.36. The van der Waals surface area contributed by atoms with Crippen LogP contribution in [0.3, 0.4) is 0 Å². The van der Waals surface area contributed by atoms with Crippen LogP contribution in [0.4, 0.5) is 5.13 Å². The SMILES string of the molecule is CC(=O)Nc1nc2ccc(-c3ccncc3)nc2s1. The van der Waals surface area contributed by atoms with Gasteiger partial charge in [-0.3, -0.25) is 9.78 Å². The second-order valence-electron chi connectivity index (χ2n) is 3.96. The molecule has 5 nitrogen and oxygen atoms in total. The molecule has 3 heterocycles. The van der Waals surface area contributed by atoms with Crippen molar-refractivity contribution in [2.24, 2.45) is 0 Å². The highest BCUT2D eigenvalue weighted by Gasteiger charge is 2.08. The third-order valence-corrected chi connectivity index (χ3v) is 3.40. The first-order valence-corrected chi connectivity index (χ1v) is 6.49. The van der Waals surface area contributed by atoms with E-state index in [0.717, 1.165) is 21.6 Å². The topological polar surface area (TPSA) is 67.8 Å². The highest BCUT2D eigenvalue weighted by Crippen LogP contribution is 2.27. The fraction of sp³-hybridized carbons (Fsp3) is 0.0769. The Morgan fingerprint density at radius 2 is 1.95 bits per heavy atom. The lowest BCUT2D eigenvalue weighted by atomic mass is 10.2. The molecule has 0 aliphatic carbocycles. The molecule has 0 aliphatic rings. The normalized spacial score (nSPS) is 10.6. The summed E-state index contributed by atoms with van der Waals surface area (Å²) in [7, 11) is 0. The number of hydrogen-bond donors (Lipinski definition) is 1. The van der Waals surface area contributed by atoms with Crippen LogP contribution in [0.1, 0.15) is 6.92 Å².